The van der Waals surface area contributed by atoms with Crippen LogP contribution in [0.15, 0.2) is 0 Å². The van der Waals surface area contributed by atoms with E-state index < -0.39 is 0 Å². The van der Waals surface area contributed by atoms with Gasteiger partial charge < -0.3 is 0 Å². The van der Waals surface area contributed by atoms with Crippen molar-refractivity contribution in [3.05, 3.63) is 20.2 Å². The molecule has 1 saturated heterocycles. The van der Waals surface area contributed by atoms with Gasteiger partial charge >= 0.3 is 0 Å². The van der Waals surface area contributed by atoms with E-state index in [1.807, 2.05) is 23.5 Å². The molecule has 0 spiro atoms. The van der Waals surface area contributed by atoms with Gasteiger partial charge in [-0.15, -0.1) is 11.8 Å². The number of hydrogen-bond acceptors (Lipinski definition) is 4. The smallest absolute Gasteiger partial charge is 0.146 e. The number of aromatic nitrogens is 2. The minimum absolute atomic E-state index is 0.374. The molecule has 2 rings (SSSR count). The van der Waals surface area contributed by atoms with Gasteiger partial charge in [0.15, 0.2) is 0 Å². The lowest BCUT2D eigenvalue weighted by Gasteiger charge is -2.27. The van der Waals surface area contributed by atoms with Crippen LogP contribution in [0.2, 0.25) is 5.15 Å². The molecule has 2 heterocycles. The maximum atomic E-state index is 6.29. The van der Waals surface area contributed by atoms with Gasteiger partial charge in [0.05, 0.1) is 14.5 Å². The summed E-state index contributed by atoms with van der Waals surface area (Å²) in [6.07, 6.45) is 0.965. The summed E-state index contributed by atoms with van der Waals surface area (Å²) < 4.78 is 1.01. The molecule has 0 N–H and O–H groups in total. The van der Waals surface area contributed by atoms with Gasteiger partial charge in [-0.1, -0.05) is 32.4 Å². The summed E-state index contributed by atoms with van der Waals surface area (Å²) in [5, 5.41) is 1.55. The van der Waals surface area contributed by atoms with E-state index in [1.54, 1.807) is 0 Å². The van der Waals surface area contributed by atoms with Gasteiger partial charge in [-0.25, -0.2) is 9.97 Å². The Morgan fingerprint density at radius 2 is 2.00 bits per heavy atom. The molecule has 2 unspecified atom stereocenters. The first-order valence-electron chi connectivity index (χ1n) is 6.44. The van der Waals surface area contributed by atoms with Crippen molar-refractivity contribution in [2.24, 2.45) is 5.92 Å². The molecule has 0 saturated carbocycles. The predicted molar refractivity (Wildman–Crippen MR) is 95.4 cm³/mol. The molecule has 0 aliphatic carbocycles. The average molecular weight is 429 g/mol. The summed E-state index contributed by atoms with van der Waals surface area (Å²) in [6.45, 7) is 6.68. The number of thioether (sulfide) groups is 2. The van der Waals surface area contributed by atoms with Gasteiger partial charge in [0.1, 0.15) is 11.0 Å². The minimum Gasteiger partial charge on any atom is -0.235 e. The van der Waals surface area contributed by atoms with Crippen LogP contribution in [-0.4, -0.2) is 26.7 Å². The van der Waals surface area contributed by atoms with E-state index in [0.717, 1.165) is 21.5 Å². The summed E-state index contributed by atoms with van der Waals surface area (Å²) in [6, 6.07) is 0. The number of rotatable bonds is 3. The first-order valence-corrected chi connectivity index (χ1v) is 9.99. The molecule has 0 aromatic carbocycles. The molecule has 0 radical (unpaired) electrons. The lowest BCUT2D eigenvalue weighted by Crippen LogP contribution is -2.19. The van der Waals surface area contributed by atoms with Gasteiger partial charge in [-0.05, 0) is 34.9 Å². The summed E-state index contributed by atoms with van der Waals surface area (Å²) in [7, 11) is 0. The van der Waals surface area contributed by atoms with Gasteiger partial charge in [-0.3, -0.25) is 0 Å². The summed E-state index contributed by atoms with van der Waals surface area (Å²) >= 11 is 12.5. The van der Waals surface area contributed by atoms with E-state index in [-0.39, 0.29) is 0 Å². The first-order chi connectivity index (χ1) is 8.99. The average Bonchev–Trinajstić information content (AvgIpc) is 2.35. The van der Waals surface area contributed by atoms with Gasteiger partial charge in [0, 0.05) is 16.8 Å². The Morgan fingerprint density at radius 1 is 1.32 bits per heavy atom. The zero-order valence-corrected chi connectivity index (χ0v) is 15.9. The molecular weight excluding hydrogens is 411 g/mol. The van der Waals surface area contributed by atoms with E-state index in [4.69, 9.17) is 16.6 Å². The molecule has 1 aromatic heterocycles. The van der Waals surface area contributed by atoms with Crippen molar-refractivity contribution in [1.82, 2.24) is 9.97 Å². The van der Waals surface area contributed by atoms with Gasteiger partial charge in [0.2, 0.25) is 0 Å². The SMILES string of the molecule is CC(C)Cc1nc(C2SCCSC2C)nc(Cl)c1I. The Bertz CT molecular complexity index is 457. The number of nitrogens with zero attached hydrogens (tertiary/aromatic N) is 2. The van der Waals surface area contributed by atoms with Crippen molar-refractivity contribution in [3.63, 3.8) is 0 Å². The summed E-state index contributed by atoms with van der Waals surface area (Å²) in [5.41, 5.74) is 1.11. The molecule has 1 aliphatic rings. The largest absolute Gasteiger partial charge is 0.235 e. The normalized spacial score (nSPS) is 23.9. The highest BCUT2D eigenvalue weighted by Crippen LogP contribution is 2.41. The van der Waals surface area contributed by atoms with Crippen molar-refractivity contribution in [2.45, 2.75) is 37.7 Å². The standard InChI is InChI=1S/C13H18ClIN2S2/c1-7(2)6-9-10(15)12(14)17-13(16-9)11-8(3)18-4-5-19-11/h7-8,11H,4-6H2,1-3H3. The molecule has 6 heteroatoms. The zero-order valence-electron chi connectivity index (χ0n) is 11.3. The van der Waals surface area contributed by atoms with Crippen LogP contribution in [0.5, 0.6) is 0 Å². The van der Waals surface area contributed by atoms with Crippen molar-refractivity contribution >= 4 is 57.7 Å². The number of hydrogen-bond donors (Lipinski definition) is 0. The Morgan fingerprint density at radius 3 is 2.63 bits per heavy atom. The van der Waals surface area contributed by atoms with Crippen LogP contribution in [0, 0.1) is 9.49 Å². The highest BCUT2D eigenvalue weighted by molar-refractivity contribution is 14.1. The third-order valence-corrected chi connectivity index (χ3v) is 7.75. The van der Waals surface area contributed by atoms with Crippen LogP contribution in [0.4, 0.5) is 0 Å². The monoisotopic (exact) mass is 428 g/mol. The van der Waals surface area contributed by atoms with Crippen molar-refractivity contribution in [3.8, 4) is 0 Å². The lowest BCUT2D eigenvalue weighted by molar-refractivity contribution is 0.626. The van der Waals surface area contributed by atoms with Crippen LogP contribution in [0.1, 0.15) is 37.5 Å². The second-order valence-corrected chi connectivity index (χ2v) is 9.27. The first kappa shape index (κ1) is 16.2. The second-order valence-electron chi connectivity index (χ2n) is 5.10. The fraction of sp³-hybridized carbons (Fsp3) is 0.692. The highest BCUT2D eigenvalue weighted by Gasteiger charge is 2.28. The third-order valence-electron chi connectivity index (χ3n) is 2.94. The maximum absolute atomic E-state index is 6.29. The molecule has 19 heavy (non-hydrogen) atoms. The van der Waals surface area contributed by atoms with Crippen LogP contribution in [0.25, 0.3) is 0 Å². The summed E-state index contributed by atoms with van der Waals surface area (Å²) in [5.74, 6) is 3.90. The quantitative estimate of drug-likeness (QED) is 0.508. The lowest BCUT2D eigenvalue weighted by atomic mass is 10.1. The Balaban J connectivity index is 2.32. The summed E-state index contributed by atoms with van der Waals surface area (Å²) in [4.78, 5) is 9.34. The molecule has 1 fully saturated rings. The van der Waals surface area contributed by atoms with Gasteiger partial charge in [0.25, 0.3) is 0 Å². The second kappa shape index (κ2) is 7.18. The molecular formula is C13H18ClIN2S2. The molecule has 2 nitrogen and oxygen atoms in total. The van der Waals surface area contributed by atoms with E-state index in [9.17, 15) is 0 Å². The Kier molecular flexibility index (Phi) is 6.11. The number of halogens is 2. The Hall–Kier alpha value is 0.800. The third kappa shape index (κ3) is 4.14. The van der Waals surface area contributed by atoms with E-state index in [2.05, 4.69) is 48.3 Å². The molecule has 0 amide bonds. The van der Waals surface area contributed by atoms with Crippen LogP contribution < -0.4 is 0 Å². The molecule has 1 aromatic rings. The van der Waals surface area contributed by atoms with Crippen LogP contribution in [-0.2, 0) is 6.42 Å². The fourth-order valence-electron chi connectivity index (χ4n) is 2.05. The molecule has 2 atom stereocenters. The molecule has 0 bridgehead atoms. The minimum atomic E-state index is 0.374. The van der Waals surface area contributed by atoms with Crippen LogP contribution >= 0.6 is 57.7 Å². The maximum Gasteiger partial charge on any atom is 0.146 e. The van der Waals surface area contributed by atoms with Crippen molar-refractivity contribution < 1.29 is 0 Å². The highest BCUT2D eigenvalue weighted by atomic mass is 127. The van der Waals surface area contributed by atoms with Gasteiger partial charge in [-0.2, -0.15) is 11.8 Å². The fourth-order valence-corrected chi connectivity index (χ4v) is 5.39. The van der Waals surface area contributed by atoms with E-state index in [1.165, 1.54) is 11.5 Å². The molecule has 1 aliphatic heterocycles. The van der Waals surface area contributed by atoms with Crippen molar-refractivity contribution in [2.75, 3.05) is 11.5 Å². The van der Waals surface area contributed by atoms with Crippen LogP contribution in [0.3, 0.4) is 0 Å². The topological polar surface area (TPSA) is 25.8 Å². The Labute approximate surface area is 142 Å². The van der Waals surface area contributed by atoms with Crippen molar-refractivity contribution in [1.29, 1.82) is 0 Å². The predicted octanol–water partition coefficient (Wildman–Crippen LogP) is 4.84. The zero-order chi connectivity index (χ0) is 14.0. The molecule has 106 valence electrons. The van der Waals surface area contributed by atoms with E-state index >= 15 is 0 Å². The van der Waals surface area contributed by atoms with E-state index in [0.29, 0.717) is 21.6 Å².